The molecule has 7 heteroatoms. The monoisotopic (exact) mass is 353 g/mol. The van der Waals surface area contributed by atoms with E-state index in [9.17, 15) is 13.2 Å². The molecule has 1 N–H and O–H groups in total. The molecule has 134 valence electrons. The molecule has 1 amide bonds. The lowest BCUT2D eigenvalue weighted by Crippen LogP contribution is -2.47. The van der Waals surface area contributed by atoms with E-state index in [1.165, 1.54) is 10.4 Å². The molecule has 1 aliphatic rings. The van der Waals surface area contributed by atoms with Gasteiger partial charge in [-0.15, -0.1) is 0 Å². The van der Waals surface area contributed by atoms with E-state index in [1.807, 2.05) is 27.8 Å². The SMILES string of the molecule is CC(C)C(C)NC(=O)c1cccc(S(=O)(=O)N2CCN(C)CC2)c1. The molecule has 1 aromatic carbocycles. The number of nitrogens with zero attached hydrogens (tertiary/aromatic N) is 2. The smallest absolute Gasteiger partial charge is 0.251 e. The Bertz CT molecular complexity index is 680. The molecular formula is C17H27N3O3S. The molecule has 2 rings (SSSR count). The van der Waals surface area contributed by atoms with Crippen molar-refractivity contribution in [3.05, 3.63) is 29.8 Å². The van der Waals surface area contributed by atoms with Crippen LogP contribution < -0.4 is 5.32 Å². The predicted molar refractivity (Wildman–Crippen MR) is 94.5 cm³/mol. The largest absolute Gasteiger partial charge is 0.349 e. The van der Waals surface area contributed by atoms with Gasteiger partial charge in [-0.25, -0.2) is 8.42 Å². The van der Waals surface area contributed by atoms with Crippen molar-refractivity contribution in [3.8, 4) is 0 Å². The first kappa shape index (κ1) is 18.9. The van der Waals surface area contributed by atoms with Crippen molar-refractivity contribution in [3.63, 3.8) is 0 Å². The second-order valence-corrected chi connectivity index (χ2v) is 8.68. The standard InChI is InChI=1S/C17H27N3O3S/c1-13(2)14(3)18-17(21)15-6-5-7-16(12-15)24(22,23)20-10-8-19(4)9-11-20/h5-7,12-14H,8-11H2,1-4H3,(H,18,21). The van der Waals surface area contributed by atoms with Crippen molar-refractivity contribution >= 4 is 15.9 Å². The predicted octanol–water partition coefficient (Wildman–Crippen LogP) is 1.40. The molecule has 1 heterocycles. The van der Waals surface area contributed by atoms with Gasteiger partial charge in [-0.1, -0.05) is 19.9 Å². The van der Waals surface area contributed by atoms with Crippen LogP contribution in [-0.4, -0.2) is 62.8 Å². The van der Waals surface area contributed by atoms with Crippen LogP contribution in [0.5, 0.6) is 0 Å². The maximum atomic E-state index is 12.8. The summed E-state index contributed by atoms with van der Waals surface area (Å²) in [5.74, 6) is 0.0674. The zero-order chi connectivity index (χ0) is 17.9. The van der Waals surface area contributed by atoms with Crippen LogP contribution in [0, 0.1) is 5.92 Å². The first-order valence-corrected chi connectivity index (χ1v) is 9.75. The summed E-state index contributed by atoms with van der Waals surface area (Å²) in [6.07, 6.45) is 0. The number of hydrogen-bond acceptors (Lipinski definition) is 4. The number of carbonyl (C=O) groups is 1. The number of amides is 1. The number of piperazine rings is 1. The van der Waals surface area contributed by atoms with Crippen LogP contribution in [0.2, 0.25) is 0 Å². The van der Waals surface area contributed by atoms with Crippen molar-refractivity contribution in [2.24, 2.45) is 5.92 Å². The lowest BCUT2D eigenvalue weighted by molar-refractivity contribution is 0.0930. The van der Waals surface area contributed by atoms with E-state index in [0.717, 1.165) is 0 Å². The van der Waals surface area contributed by atoms with Gasteiger partial charge in [-0.2, -0.15) is 4.31 Å². The van der Waals surface area contributed by atoms with Crippen molar-refractivity contribution in [2.45, 2.75) is 31.7 Å². The number of benzene rings is 1. The van der Waals surface area contributed by atoms with Crippen molar-refractivity contribution in [1.82, 2.24) is 14.5 Å². The number of nitrogens with one attached hydrogen (secondary N) is 1. The summed E-state index contributed by atoms with van der Waals surface area (Å²) in [4.78, 5) is 14.6. The van der Waals surface area contributed by atoms with Crippen LogP contribution in [0.3, 0.4) is 0 Å². The highest BCUT2D eigenvalue weighted by atomic mass is 32.2. The van der Waals surface area contributed by atoms with E-state index in [0.29, 0.717) is 37.7 Å². The highest BCUT2D eigenvalue weighted by molar-refractivity contribution is 7.89. The second kappa shape index (κ2) is 7.63. The maximum absolute atomic E-state index is 12.8. The zero-order valence-corrected chi connectivity index (χ0v) is 15.6. The van der Waals surface area contributed by atoms with Crippen LogP contribution in [0.25, 0.3) is 0 Å². The number of carbonyl (C=O) groups excluding carboxylic acids is 1. The molecular weight excluding hydrogens is 326 g/mol. The Morgan fingerprint density at radius 3 is 2.33 bits per heavy atom. The van der Waals surface area contributed by atoms with Crippen molar-refractivity contribution < 1.29 is 13.2 Å². The Morgan fingerprint density at radius 1 is 1.12 bits per heavy atom. The first-order valence-electron chi connectivity index (χ1n) is 8.31. The van der Waals surface area contributed by atoms with Crippen LogP contribution in [0.15, 0.2) is 29.2 Å². The Morgan fingerprint density at radius 2 is 1.75 bits per heavy atom. The minimum atomic E-state index is -3.56. The minimum Gasteiger partial charge on any atom is -0.349 e. The lowest BCUT2D eigenvalue weighted by Gasteiger charge is -2.31. The zero-order valence-electron chi connectivity index (χ0n) is 14.8. The molecule has 0 radical (unpaired) electrons. The van der Waals surface area contributed by atoms with Gasteiger partial charge in [0, 0.05) is 37.8 Å². The van der Waals surface area contributed by atoms with Crippen LogP contribution >= 0.6 is 0 Å². The van der Waals surface area contributed by atoms with Gasteiger partial charge in [0.1, 0.15) is 0 Å². The summed E-state index contributed by atoms with van der Waals surface area (Å²) in [5.41, 5.74) is 0.373. The van der Waals surface area contributed by atoms with Crippen molar-refractivity contribution in [2.75, 3.05) is 33.2 Å². The molecule has 1 fully saturated rings. The normalized spacial score (nSPS) is 18.5. The van der Waals surface area contributed by atoms with E-state index in [1.54, 1.807) is 18.2 Å². The van der Waals surface area contributed by atoms with E-state index in [2.05, 4.69) is 10.2 Å². The highest BCUT2D eigenvalue weighted by Crippen LogP contribution is 2.19. The van der Waals surface area contributed by atoms with Gasteiger partial charge < -0.3 is 10.2 Å². The third kappa shape index (κ3) is 4.34. The molecule has 1 atom stereocenters. The number of rotatable bonds is 5. The maximum Gasteiger partial charge on any atom is 0.251 e. The summed E-state index contributed by atoms with van der Waals surface area (Å²) in [5, 5.41) is 2.91. The molecule has 24 heavy (non-hydrogen) atoms. The first-order chi connectivity index (χ1) is 11.2. The summed E-state index contributed by atoms with van der Waals surface area (Å²) < 4.78 is 27.0. The van der Waals surface area contributed by atoms with Gasteiger partial charge in [-0.05, 0) is 38.1 Å². The fraction of sp³-hybridized carbons (Fsp3) is 0.588. The van der Waals surface area contributed by atoms with Gasteiger partial charge in [0.2, 0.25) is 10.0 Å². The van der Waals surface area contributed by atoms with E-state index < -0.39 is 10.0 Å². The molecule has 1 unspecified atom stereocenters. The van der Waals surface area contributed by atoms with Gasteiger partial charge in [-0.3, -0.25) is 4.79 Å². The summed E-state index contributed by atoms with van der Waals surface area (Å²) in [6.45, 7) is 8.36. The molecule has 0 saturated carbocycles. The molecule has 1 aromatic rings. The summed E-state index contributed by atoms with van der Waals surface area (Å²) >= 11 is 0. The van der Waals surface area contributed by atoms with E-state index in [-0.39, 0.29) is 16.8 Å². The molecule has 0 aromatic heterocycles. The van der Waals surface area contributed by atoms with Crippen LogP contribution in [-0.2, 0) is 10.0 Å². The van der Waals surface area contributed by atoms with Gasteiger partial charge >= 0.3 is 0 Å². The molecule has 6 nitrogen and oxygen atoms in total. The molecule has 1 aliphatic heterocycles. The minimum absolute atomic E-state index is 0.0235. The van der Waals surface area contributed by atoms with Gasteiger partial charge in [0.05, 0.1) is 4.90 Å². The van der Waals surface area contributed by atoms with Crippen molar-refractivity contribution in [1.29, 1.82) is 0 Å². The average molecular weight is 353 g/mol. The molecule has 0 bridgehead atoms. The molecule has 1 saturated heterocycles. The fourth-order valence-corrected chi connectivity index (χ4v) is 3.90. The number of likely N-dealkylation sites (N-methyl/N-ethyl adjacent to an activating group) is 1. The third-order valence-electron chi connectivity index (χ3n) is 4.56. The fourth-order valence-electron chi connectivity index (χ4n) is 2.43. The molecule has 0 aliphatic carbocycles. The second-order valence-electron chi connectivity index (χ2n) is 6.74. The van der Waals surface area contributed by atoms with E-state index >= 15 is 0 Å². The van der Waals surface area contributed by atoms with Crippen LogP contribution in [0.4, 0.5) is 0 Å². The van der Waals surface area contributed by atoms with E-state index in [4.69, 9.17) is 0 Å². The van der Waals surface area contributed by atoms with Crippen LogP contribution in [0.1, 0.15) is 31.1 Å². The third-order valence-corrected chi connectivity index (χ3v) is 6.45. The summed E-state index contributed by atoms with van der Waals surface area (Å²) in [7, 11) is -1.58. The van der Waals surface area contributed by atoms with Gasteiger partial charge in [0.15, 0.2) is 0 Å². The number of sulfonamides is 1. The van der Waals surface area contributed by atoms with Gasteiger partial charge in [0.25, 0.3) is 5.91 Å². The Hall–Kier alpha value is -1.44. The average Bonchev–Trinajstić information content (AvgIpc) is 2.55. The Kier molecular flexibility index (Phi) is 6.01. The highest BCUT2D eigenvalue weighted by Gasteiger charge is 2.28. The Balaban J connectivity index is 2.19. The quantitative estimate of drug-likeness (QED) is 0.869. The Labute approximate surface area is 144 Å². The topological polar surface area (TPSA) is 69.7 Å². The lowest BCUT2D eigenvalue weighted by atomic mass is 10.1. The summed E-state index contributed by atoms with van der Waals surface area (Å²) in [6, 6.07) is 6.31. The molecule has 0 spiro atoms. The number of hydrogen-bond donors (Lipinski definition) is 1.